The molecule has 16 heavy (non-hydrogen) atoms. The first kappa shape index (κ1) is 14.9. The van der Waals surface area contributed by atoms with Crippen LogP contribution in [0.2, 0.25) is 0 Å². The van der Waals surface area contributed by atoms with Gasteiger partial charge in [0.25, 0.3) is 0 Å². The lowest BCUT2D eigenvalue weighted by Crippen LogP contribution is -2.57. The van der Waals surface area contributed by atoms with Gasteiger partial charge in [0.05, 0.1) is 0 Å². The molecule has 0 saturated carbocycles. The zero-order valence-electron chi connectivity index (χ0n) is 10.8. The van der Waals surface area contributed by atoms with Crippen molar-refractivity contribution in [3.63, 3.8) is 0 Å². The zero-order chi connectivity index (χ0) is 12.9. The number of carbonyl (C=O) groups is 2. The minimum absolute atomic E-state index is 0.103. The fraction of sp³-hybridized carbons (Fsp3) is 0.833. The molecule has 3 unspecified atom stereocenters. The van der Waals surface area contributed by atoms with Gasteiger partial charge in [-0.05, 0) is 18.8 Å². The fourth-order valence-electron chi connectivity index (χ4n) is 2.00. The monoisotopic (exact) mass is 229 g/mol. The summed E-state index contributed by atoms with van der Waals surface area (Å²) in [6.45, 7) is 8.90. The molecule has 2 N–H and O–H groups in total. The molecule has 0 radical (unpaired) electrons. The van der Waals surface area contributed by atoms with Crippen LogP contribution in [-0.4, -0.2) is 22.5 Å². The lowest BCUT2D eigenvalue weighted by molar-refractivity contribution is -0.150. The largest absolute Gasteiger partial charge is 0.480 e. The Labute approximate surface area is 97.4 Å². The maximum atomic E-state index is 11.3. The number of aliphatic carboxylic acids is 1. The molecule has 0 aliphatic carbocycles. The van der Waals surface area contributed by atoms with Gasteiger partial charge in [-0.25, -0.2) is 4.79 Å². The van der Waals surface area contributed by atoms with Crippen LogP contribution in [0.5, 0.6) is 0 Å². The van der Waals surface area contributed by atoms with E-state index in [1.165, 1.54) is 6.92 Å². The van der Waals surface area contributed by atoms with Crippen molar-refractivity contribution >= 4 is 11.9 Å². The summed E-state index contributed by atoms with van der Waals surface area (Å²) in [5, 5.41) is 11.8. The van der Waals surface area contributed by atoms with Crippen molar-refractivity contribution in [2.24, 2.45) is 11.8 Å². The van der Waals surface area contributed by atoms with Crippen LogP contribution in [0.25, 0.3) is 0 Å². The van der Waals surface area contributed by atoms with Gasteiger partial charge in [-0.1, -0.05) is 33.6 Å². The first-order valence-electron chi connectivity index (χ1n) is 5.77. The molecule has 0 heterocycles. The lowest BCUT2D eigenvalue weighted by Gasteiger charge is -2.35. The van der Waals surface area contributed by atoms with E-state index in [2.05, 4.69) is 12.2 Å². The summed E-state index contributed by atoms with van der Waals surface area (Å²) < 4.78 is 0. The molecule has 0 aromatic carbocycles. The van der Waals surface area contributed by atoms with Crippen molar-refractivity contribution < 1.29 is 14.7 Å². The minimum atomic E-state index is -1.18. The molecule has 0 aliphatic heterocycles. The van der Waals surface area contributed by atoms with Crippen LogP contribution < -0.4 is 5.32 Å². The molecule has 0 aromatic heterocycles. The summed E-state index contributed by atoms with van der Waals surface area (Å²) in [5.41, 5.74) is -1.18. The SMILES string of the molecule is CCCC(C)C(C)C(C)(NC(C)=O)C(=O)O. The lowest BCUT2D eigenvalue weighted by atomic mass is 9.77. The Morgan fingerprint density at radius 3 is 2.19 bits per heavy atom. The number of carboxylic acids is 1. The Balaban J connectivity index is 4.89. The highest BCUT2D eigenvalue weighted by Gasteiger charge is 2.41. The third-order valence-electron chi connectivity index (χ3n) is 3.39. The fourth-order valence-corrected chi connectivity index (χ4v) is 2.00. The van der Waals surface area contributed by atoms with Crippen LogP contribution >= 0.6 is 0 Å². The van der Waals surface area contributed by atoms with E-state index in [0.29, 0.717) is 0 Å². The standard InChI is InChI=1S/C12H23NO3/c1-6-7-8(2)9(3)12(5,11(15)16)13-10(4)14/h8-9H,6-7H2,1-5H3,(H,13,14)(H,15,16). The van der Waals surface area contributed by atoms with Gasteiger partial charge in [-0.2, -0.15) is 0 Å². The smallest absolute Gasteiger partial charge is 0.329 e. The minimum Gasteiger partial charge on any atom is -0.480 e. The van der Waals surface area contributed by atoms with Crippen LogP contribution in [0.4, 0.5) is 0 Å². The topological polar surface area (TPSA) is 66.4 Å². The van der Waals surface area contributed by atoms with E-state index in [4.69, 9.17) is 0 Å². The highest BCUT2D eigenvalue weighted by molar-refractivity contribution is 5.85. The van der Waals surface area contributed by atoms with E-state index in [-0.39, 0.29) is 17.7 Å². The van der Waals surface area contributed by atoms with E-state index < -0.39 is 11.5 Å². The van der Waals surface area contributed by atoms with Crippen molar-refractivity contribution in [3.05, 3.63) is 0 Å². The van der Waals surface area contributed by atoms with E-state index in [0.717, 1.165) is 12.8 Å². The van der Waals surface area contributed by atoms with Gasteiger partial charge in [0.15, 0.2) is 0 Å². The highest BCUT2D eigenvalue weighted by atomic mass is 16.4. The summed E-state index contributed by atoms with van der Waals surface area (Å²) in [6, 6.07) is 0. The van der Waals surface area contributed by atoms with Gasteiger partial charge in [0.2, 0.25) is 5.91 Å². The average Bonchev–Trinajstić information content (AvgIpc) is 2.15. The summed E-state index contributed by atoms with van der Waals surface area (Å²) >= 11 is 0. The van der Waals surface area contributed by atoms with Crippen molar-refractivity contribution in [3.8, 4) is 0 Å². The van der Waals surface area contributed by atoms with Crippen LogP contribution in [0.3, 0.4) is 0 Å². The molecule has 4 nitrogen and oxygen atoms in total. The molecule has 0 saturated heterocycles. The Morgan fingerprint density at radius 1 is 1.38 bits per heavy atom. The van der Waals surface area contributed by atoms with Gasteiger partial charge in [0.1, 0.15) is 5.54 Å². The molecule has 4 heteroatoms. The molecule has 0 bridgehead atoms. The molecule has 0 aliphatic rings. The molecule has 1 amide bonds. The zero-order valence-corrected chi connectivity index (χ0v) is 10.8. The van der Waals surface area contributed by atoms with Crippen LogP contribution in [0, 0.1) is 11.8 Å². The van der Waals surface area contributed by atoms with Crippen molar-refractivity contribution in [1.29, 1.82) is 0 Å². The molecule has 0 spiro atoms. The van der Waals surface area contributed by atoms with Crippen LogP contribution in [0.15, 0.2) is 0 Å². The summed E-state index contributed by atoms with van der Waals surface area (Å²) in [7, 11) is 0. The highest BCUT2D eigenvalue weighted by Crippen LogP contribution is 2.28. The second-order valence-corrected chi connectivity index (χ2v) is 4.74. The third kappa shape index (κ3) is 3.51. The number of carboxylic acid groups (broad SMARTS) is 1. The van der Waals surface area contributed by atoms with Crippen molar-refractivity contribution in [2.45, 2.75) is 53.0 Å². The molecule has 94 valence electrons. The predicted molar refractivity (Wildman–Crippen MR) is 63.1 cm³/mol. The molecular weight excluding hydrogens is 206 g/mol. The Hall–Kier alpha value is -1.06. The second-order valence-electron chi connectivity index (χ2n) is 4.74. The third-order valence-corrected chi connectivity index (χ3v) is 3.39. The Kier molecular flexibility index (Phi) is 5.48. The predicted octanol–water partition coefficient (Wildman–Crippen LogP) is 2.04. The number of rotatable bonds is 6. The first-order valence-corrected chi connectivity index (χ1v) is 5.77. The number of nitrogens with one attached hydrogen (secondary N) is 1. The summed E-state index contributed by atoms with van der Waals surface area (Å²) in [4.78, 5) is 22.4. The Bertz CT molecular complexity index is 265. The molecule has 3 atom stereocenters. The summed E-state index contributed by atoms with van der Waals surface area (Å²) in [5.74, 6) is -1.12. The molecular formula is C12H23NO3. The van der Waals surface area contributed by atoms with Crippen LogP contribution in [0.1, 0.15) is 47.5 Å². The number of amides is 1. The molecule has 0 rings (SSSR count). The van der Waals surface area contributed by atoms with E-state index in [9.17, 15) is 14.7 Å². The van der Waals surface area contributed by atoms with E-state index in [1.54, 1.807) is 6.92 Å². The molecule has 0 fully saturated rings. The maximum absolute atomic E-state index is 11.3. The number of hydrogen-bond acceptors (Lipinski definition) is 2. The maximum Gasteiger partial charge on any atom is 0.329 e. The number of hydrogen-bond donors (Lipinski definition) is 2. The van der Waals surface area contributed by atoms with Crippen molar-refractivity contribution in [2.75, 3.05) is 0 Å². The second kappa shape index (κ2) is 5.87. The number of carbonyl (C=O) groups excluding carboxylic acids is 1. The average molecular weight is 229 g/mol. The van der Waals surface area contributed by atoms with Crippen molar-refractivity contribution in [1.82, 2.24) is 5.32 Å². The molecule has 0 aromatic rings. The first-order chi connectivity index (χ1) is 7.25. The van der Waals surface area contributed by atoms with E-state index >= 15 is 0 Å². The Morgan fingerprint density at radius 2 is 1.88 bits per heavy atom. The van der Waals surface area contributed by atoms with Gasteiger partial charge < -0.3 is 10.4 Å². The van der Waals surface area contributed by atoms with Gasteiger partial charge in [-0.15, -0.1) is 0 Å². The van der Waals surface area contributed by atoms with Crippen LogP contribution in [-0.2, 0) is 9.59 Å². The summed E-state index contributed by atoms with van der Waals surface area (Å²) in [6.07, 6.45) is 1.98. The van der Waals surface area contributed by atoms with E-state index in [1.807, 2.05) is 13.8 Å². The normalized spacial score (nSPS) is 18.3. The van der Waals surface area contributed by atoms with Gasteiger partial charge in [0, 0.05) is 6.92 Å². The van der Waals surface area contributed by atoms with Gasteiger partial charge in [-0.3, -0.25) is 4.79 Å². The quantitative estimate of drug-likeness (QED) is 0.732. The van der Waals surface area contributed by atoms with Gasteiger partial charge >= 0.3 is 5.97 Å².